The second-order valence-electron chi connectivity index (χ2n) is 2.62. The molecule has 14 heavy (non-hydrogen) atoms. The summed E-state index contributed by atoms with van der Waals surface area (Å²) in [6, 6.07) is 0. The fourth-order valence-corrected chi connectivity index (χ4v) is 1.09. The first-order chi connectivity index (χ1) is 6.56. The van der Waals surface area contributed by atoms with Crippen LogP contribution in [0, 0.1) is 0 Å². The molecule has 6 heteroatoms. The Hall–Kier alpha value is -1.49. The van der Waals surface area contributed by atoms with E-state index >= 15 is 0 Å². The Balaban J connectivity index is 2.96. The fourth-order valence-electron chi connectivity index (χ4n) is 0.957. The van der Waals surface area contributed by atoms with Crippen molar-refractivity contribution in [2.75, 3.05) is 12.8 Å². The van der Waals surface area contributed by atoms with Gasteiger partial charge in [-0.1, -0.05) is 18.2 Å². The lowest BCUT2D eigenvalue weighted by Gasteiger charge is -2.02. The minimum Gasteiger partial charge on any atom is -0.464 e. The number of halogens is 1. The van der Waals surface area contributed by atoms with E-state index in [1.54, 1.807) is 0 Å². The van der Waals surface area contributed by atoms with Crippen LogP contribution in [0.5, 0.6) is 0 Å². The van der Waals surface area contributed by atoms with Crippen molar-refractivity contribution in [2.24, 2.45) is 0 Å². The molecular formula is C8H10ClN3O2. The summed E-state index contributed by atoms with van der Waals surface area (Å²) in [5.74, 6) is -0.347. The smallest absolute Gasteiger partial charge is 0.360 e. The molecule has 0 saturated carbocycles. The van der Waals surface area contributed by atoms with Gasteiger partial charge in [0.05, 0.1) is 20.0 Å². The van der Waals surface area contributed by atoms with E-state index in [1.165, 1.54) is 18.0 Å². The molecule has 1 heterocycles. The molecule has 1 aromatic rings. The number of carbonyl (C=O) groups is 1. The maximum atomic E-state index is 11.1. The first-order valence-electron chi connectivity index (χ1n) is 3.78. The highest BCUT2D eigenvalue weighted by Gasteiger charge is 2.15. The van der Waals surface area contributed by atoms with E-state index in [1.807, 2.05) is 0 Å². The van der Waals surface area contributed by atoms with E-state index in [4.69, 9.17) is 17.3 Å². The number of aromatic nitrogens is 2. The quantitative estimate of drug-likeness (QED) is 0.764. The second-order valence-corrected chi connectivity index (χ2v) is 3.15. The number of methoxy groups -OCH3 is 1. The maximum absolute atomic E-state index is 11.1. The Bertz CT molecular complexity index is 373. The number of imidazole rings is 1. The average Bonchev–Trinajstić information content (AvgIpc) is 2.46. The Morgan fingerprint density at radius 1 is 1.86 bits per heavy atom. The number of nitrogens with zero attached hydrogens (tertiary/aromatic N) is 2. The zero-order valence-electron chi connectivity index (χ0n) is 7.66. The van der Waals surface area contributed by atoms with Gasteiger partial charge in [-0.3, -0.25) is 0 Å². The van der Waals surface area contributed by atoms with Crippen LogP contribution in [0.4, 0.5) is 5.82 Å². The van der Waals surface area contributed by atoms with Crippen LogP contribution < -0.4 is 5.73 Å². The summed E-state index contributed by atoms with van der Waals surface area (Å²) >= 11 is 5.59. The van der Waals surface area contributed by atoms with E-state index in [0.717, 1.165) is 0 Å². The van der Waals surface area contributed by atoms with Gasteiger partial charge in [-0.2, -0.15) is 0 Å². The third-order valence-corrected chi connectivity index (χ3v) is 1.72. The summed E-state index contributed by atoms with van der Waals surface area (Å²) in [5, 5.41) is 0.408. The normalized spacial score (nSPS) is 9.86. The van der Waals surface area contributed by atoms with E-state index < -0.39 is 5.97 Å². The van der Waals surface area contributed by atoms with Crippen LogP contribution in [-0.4, -0.2) is 22.6 Å². The summed E-state index contributed by atoms with van der Waals surface area (Å²) < 4.78 is 6.00. The Morgan fingerprint density at radius 3 is 3.00 bits per heavy atom. The molecule has 0 aliphatic carbocycles. The number of allylic oxidation sites excluding steroid dienone is 1. The molecule has 2 N–H and O–H groups in total. The number of nitrogens with two attached hydrogens (primary N) is 1. The summed E-state index contributed by atoms with van der Waals surface area (Å²) in [7, 11) is 1.27. The van der Waals surface area contributed by atoms with Crippen molar-refractivity contribution in [1.82, 2.24) is 9.55 Å². The zero-order valence-corrected chi connectivity index (χ0v) is 8.41. The fraction of sp³-hybridized carbons (Fsp3) is 0.250. The molecule has 0 atom stereocenters. The highest BCUT2D eigenvalue weighted by molar-refractivity contribution is 6.29. The molecule has 0 fully saturated rings. The molecule has 5 nitrogen and oxygen atoms in total. The number of rotatable bonds is 3. The van der Waals surface area contributed by atoms with Gasteiger partial charge in [-0.25, -0.2) is 9.78 Å². The first-order valence-corrected chi connectivity index (χ1v) is 4.16. The molecule has 0 aromatic carbocycles. The Labute approximate surface area is 86.1 Å². The van der Waals surface area contributed by atoms with Crippen LogP contribution in [0.1, 0.15) is 10.5 Å². The van der Waals surface area contributed by atoms with Gasteiger partial charge in [0.2, 0.25) is 0 Å². The van der Waals surface area contributed by atoms with Gasteiger partial charge in [-0.05, 0) is 0 Å². The number of anilines is 1. The van der Waals surface area contributed by atoms with E-state index in [0.29, 0.717) is 11.6 Å². The largest absolute Gasteiger partial charge is 0.464 e. The summed E-state index contributed by atoms with van der Waals surface area (Å²) in [6.07, 6.45) is 1.41. The van der Waals surface area contributed by atoms with Crippen molar-refractivity contribution < 1.29 is 9.53 Å². The average molecular weight is 216 g/mol. The monoisotopic (exact) mass is 215 g/mol. The maximum Gasteiger partial charge on any atom is 0.360 e. The van der Waals surface area contributed by atoms with E-state index in [2.05, 4.69) is 16.3 Å². The van der Waals surface area contributed by atoms with Gasteiger partial charge in [-0.15, -0.1) is 0 Å². The van der Waals surface area contributed by atoms with Crippen molar-refractivity contribution in [3.8, 4) is 0 Å². The van der Waals surface area contributed by atoms with Crippen LogP contribution in [-0.2, 0) is 11.3 Å². The number of hydrogen-bond acceptors (Lipinski definition) is 4. The van der Waals surface area contributed by atoms with Gasteiger partial charge in [0.15, 0.2) is 5.69 Å². The lowest BCUT2D eigenvalue weighted by atomic mass is 10.4. The molecule has 0 unspecified atom stereocenters. The van der Waals surface area contributed by atoms with Crippen LogP contribution in [0.25, 0.3) is 0 Å². The minimum atomic E-state index is -0.568. The third-order valence-electron chi connectivity index (χ3n) is 1.60. The summed E-state index contributed by atoms with van der Waals surface area (Å²) in [4.78, 5) is 14.9. The predicted octanol–water partition coefficient (Wildman–Crippen LogP) is 1.00. The predicted molar refractivity (Wildman–Crippen MR) is 53.0 cm³/mol. The number of esters is 1. The van der Waals surface area contributed by atoms with Crippen LogP contribution in [0.3, 0.4) is 0 Å². The van der Waals surface area contributed by atoms with Crippen LogP contribution in [0.15, 0.2) is 17.9 Å². The van der Waals surface area contributed by atoms with Gasteiger partial charge in [0.1, 0.15) is 5.82 Å². The molecule has 0 radical (unpaired) electrons. The molecule has 76 valence electrons. The van der Waals surface area contributed by atoms with Crippen molar-refractivity contribution in [2.45, 2.75) is 6.54 Å². The van der Waals surface area contributed by atoms with Gasteiger partial charge in [0, 0.05) is 5.03 Å². The van der Waals surface area contributed by atoms with Crippen LogP contribution in [0.2, 0.25) is 0 Å². The van der Waals surface area contributed by atoms with Crippen molar-refractivity contribution in [1.29, 1.82) is 0 Å². The van der Waals surface area contributed by atoms with Gasteiger partial charge in [0.25, 0.3) is 0 Å². The molecule has 0 aliphatic heterocycles. The first kappa shape index (κ1) is 10.6. The third kappa shape index (κ3) is 2.05. The molecule has 0 spiro atoms. The molecule has 1 rings (SSSR count). The lowest BCUT2D eigenvalue weighted by Crippen LogP contribution is -2.08. The summed E-state index contributed by atoms with van der Waals surface area (Å²) in [5.41, 5.74) is 5.72. The zero-order chi connectivity index (χ0) is 10.7. The topological polar surface area (TPSA) is 70.1 Å². The second kappa shape index (κ2) is 4.15. The van der Waals surface area contributed by atoms with E-state index in [-0.39, 0.29) is 11.5 Å². The minimum absolute atomic E-state index is 0.0883. The number of ether oxygens (including phenoxy) is 1. The Morgan fingerprint density at radius 2 is 2.50 bits per heavy atom. The molecular weight excluding hydrogens is 206 g/mol. The molecule has 1 aromatic heterocycles. The standard InChI is InChI=1S/C8H10ClN3O2/c1-5(9)3-12-4-11-6(7(12)10)8(13)14-2/h4H,1,3,10H2,2H3. The highest BCUT2D eigenvalue weighted by atomic mass is 35.5. The number of nitrogen functional groups attached to an aromatic ring is 1. The Kier molecular flexibility index (Phi) is 3.14. The molecule has 0 amide bonds. The highest BCUT2D eigenvalue weighted by Crippen LogP contribution is 2.13. The van der Waals surface area contributed by atoms with Crippen molar-refractivity contribution >= 4 is 23.4 Å². The number of carbonyl (C=O) groups excluding carboxylic acids is 1. The lowest BCUT2D eigenvalue weighted by molar-refractivity contribution is 0.0596. The molecule has 0 saturated heterocycles. The van der Waals surface area contributed by atoms with Crippen LogP contribution >= 0.6 is 11.6 Å². The molecule has 0 aliphatic rings. The van der Waals surface area contributed by atoms with Gasteiger partial charge < -0.3 is 15.0 Å². The summed E-state index contributed by atoms with van der Waals surface area (Å²) in [6.45, 7) is 3.83. The van der Waals surface area contributed by atoms with Crippen molar-refractivity contribution in [3.05, 3.63) is 23.6 Å². The van der Waals surface area contributed by atoms with Crippen molar-refractivity contribution in [3.63, 3.8) is 0 Å². The SMILES string of the molecule is C=C(Cl)Cn1cnc(C(=O)OC)c1N. The molecule has 0 bridgehead atoms. The number of hydrogen-bond donors (Lipinski definition) is 1. The van der Waals surface area contributed by atoms with E-state index in [9.17, 15) is 4.79 Å². The van der Waals surface area contributed by atoms with Gasteiger partial charge >= 0.3 is 5.97 Å².